The molecule has 3 aromatic carbocycles. The van der Waals surface area contributed by atoms with Crippen molar-refractivity contribution in [1.82, 2.24) is 0 Å². The van der Waals surface area contributed by atoms with E-state index in [0.29, 0.717) is 5.92 Å². The molecule has 3 rings (SSSR count). The third-order valence-electron chi connectivity index (χ3n) is 7.59. The number of halogens is 1. The molecule has 1 unspecified atom stereocenters. The Morgan fingerprint density at radius 2 is 0.886 bits per heavy atom. The van der Waals surface area contributed by atoms with E-state index in [4.69, 9.17) is 0 Å². The maximum atomic E-state index is 4.62. The fourth-order valence-electron chi connectivity index (χ4n) is 5.64. The van der Waals surface area contributed by atoms with Crippen molar-refractivity contribution in [3.05, 3.63) is 91.0 Å². The topological polar surface area (TPSA) is 0 Å². The van der Waals surface area contributed by atoms with E-state index in [0.717, 1.165) is 6.16 Å². The predicted octanol–water partition coefficient (Wildman–Crippen LogP) is 9.77. The molecule has 0 aliphatic carbocycles. The van der Waals surface area contributed by atoms with Gasteiger partial charge in [-0.25, -0.2) is 0 Å². The molecule has 0 N–H and O–H groups in total. The molecule has 3 aromatic rings. The zero-order chi connectivity index (χ0) is 24.8. The molecule has 0 amide bonds. The molecule has 0 nitrogen and oxygen atoms in total. The van der Waals surface area contributed by atoms with Gasteiger partial charge >= 0.3 is 211 Å². The summed E-state index contributed by atoms with van der Waals surface area (Å²) in [5.41, 5.74) is 0. The SMILES string of the molecule is CCCCCCCCCCCCC(C)CP(Br)(c1ccccc1)(c1ccccc1)c1ccccc1. The van der Waals surface area contributed by atoms with E-state index in [1.165, 1.54) is 86.5 Å². The van der Waals surface area contributed by atoms with Crippen LogP contribution in [0.5, 0.6) is 0 Å². The number of hydrogen-bond donors (Lipinski definition) is 0. The zero-order valence-electron chi connectivity index (χ0n) is 22.0. The number of benzene rings is 3. The first kappa shape index (κ1) is 28.1. The van der Waals surface area contributed by atoms with Crippen molar-refractivity contribution < 1.29 is 0 Å². The molecular formula is C33H46BrP. The van der Waals surface area contributed by atoms with Gasteiger partial charge in [0, 0.05) is 0 Å². The average Bonchev–Trinajstić information content (AvgIpc) is 2.91. The summed E-state index contributed by atoms with van der Waals surface area (Å²) in [6.45, 7) is 4.77. The van der Waals surface area contributed by atoms with Gasteiger partial charge in [0.25, 0.3) is 0 Å². The molecule has 0 radical (unpaired) electrons. The summed E-state index contributed by atoms with van der Waals surface area (Å²) >= 11 is 4.62. The van der Waals surface area contributed by atoms with Crippen LogP contribution in [-0.2, 0) is 0 Å². The van der Waals surface area contributed by atoms with Gasteiger partial charge in [-0.1, -0.05) is 13.3 Å². The quantitative estimate of drug-likeness (QED) is 0.122. The summed E-state index contributed by atoms with van der Waals surface area (Å²) in [7, 11) is 0. The van der Waals surface area contributed by atoms with E-state index >= 15 is 0 Å². The summed E-state index contributed by atoms with van der Waals surface area (Å²) in [4.78, 5) is 0. The summed E-state index contributed by atoms with van der Waals surface area (Å²) in [6, 6.07) is 33.7. The average molecular weight is 554 g/mol. The first-order chi connectivity index (χ1) is 17.1. The fraction of sp³-hybridized carbons (Fsp3) is 0.455. The van der Waals surface area contributed by atoms with E-state index in [9.17, 15) is 0 Å². The summed E-state index contributed by atoms with van der Waals surface area (Å²) in [5, 5.41) is 1.52. The Labute approximate surface area is 223 Å². The van der Waals surface area contributed by atoms with Crippen LogP contribution in [-0.4, -0.2) is 6.16 Å². The second-order valence-corrected chi connectivity index (χ2v) is 19.4. The van der Waals surface area contributed by atoms with E-state index < -0.39 is 5.31 Å². The van der Waals surface area contributed by atoms with Crippen molar-refractivity contribution in [3.8, 4) is 0 Å². The zero-order valence-corrected chi connectivity index (χ0v) is 24.5. The minimum absolute atomic E-state index is 0.640. The molecule has 0 saturated heterocycles. The second kappa shape index (κ2) is 14.3. The molecule has 2 heteroatoms. The number of unbranched alkanes of at least 4 members (excludes halogenated alkanes) is 9. The summed E-state index contributed by atoms with van der Waals surface area (Å²) < 4.78 is 0. The Balaban J connectivity index is 1.72. The van der Waals surface area contributed by atoms with Crippen molar-refractivity contribution in [1.29, 1.82) is 0 Å². The van der Waals surface area contributed by atoms with Gasteiger partial charge in [-0.15, -0.1) is 0 Å². The van der Waals surface area contributed by atoms with Gasteiger partial charge < -0.3 is 0 Å². The normalized spacial score (nSPS) is 13.7. The Bertz CT molecular complexity index is 855. The van der Waals surface area contributed by atoms with E-state index in [1.807, 2.05) is 0 Å². The second-order valence-electron chi connectivity index (χ2n) is 10.4. The van der Waals surface area contributed by atoms with Crippen molar-refractivity contribution in [2.45, 2.75) is 84.5 Å². The molecular weight excluding hydrogens is 507 g/mol. The van der Waals surface area contributed by atoms with Crippen molar-refractivity contribution in [2.75, 3.05) is 6.16 Å². The molecule has 0 spiro atoms. The van der Waals surface area contributed by atoms with Crippen LogP contribution in [0.25, 0.3) is 0 Å². The predicted molar refractivity (Wildman–Crippen MR) is 165 cm³/mol. The Morgan fingerprint density at radius 3 is 1.26 bits per heavy atom. The van der Waals surface area contributed by atoms with E-state index in [-0.39, 0.29) is 0 Å². The standard InChI is InChI=1S/C33H46BrP/c1-3-4-5-6-7-8-9-10-11-15-22-30(2)29-35(34,31-23-16-12-17-24-31,32-25-18-13-19-26-32)33-27-20-14-21-28-33/h12-14,16-21,23-28,30H,3-11,15,22,29H2,1-2H3. The first-order valence-electron chi connectivity index (χ1n) is 14.0. The van der Waals surface area contributed by atoms with Crippen LogP contribution in [0, 0.1) is 5.92 Å². The van der Waals surface area contributed by atoms with Crippen molar-refractivity contribution in [3.63, 3.8) is 0 Å². The Hall–Kier alpha value is -1.43. The monoisotopic (exact) mass is 552 g/mol. The molecule has 1 atom stereocenters. The molecule has 0 aliphatic heterocycles. The number of rotatable bonds is 16. The van der Waals surface area contributed by atoms with E-state index in [2.05, 4.69) is 120 Å². The molecule has 0 aliphatic rings. The fourth-order valence-corrected chi connectivity index (χ4v) is 14.5. The Kier molecular flexibility index (Phi) is 11.5. The maximum absolute atomic E-state index is 4.62. The first-order valence-corrected chi connectivity index (χ1v) is 18.4. The Morgan fingerprint density at radius 1 is 0.543 bits per heavy atom. The van der Waals surface area contributed by atoms with Crippen LogP contribution >= 0.6 is 20.8 Å². The van der Waals surface area contributed by atoms with Gasteiger partial charge in [0.2, 0.25) is 0 Å². The molecule has 0 bridgehead atoms. The van der Waals surface area contributed by atoms with Crippen LogP contribution in [0.4, 0.5) is 0 Å². The van der Waals surface area contributed by atoms with Crippen LogP contribution in [0.2, 0.25) is 0 Å². The van der Waals surface area contributed by atoms with Gasteiger partial charge in [-0.3, -0.25) is 0 Å². The molecule has 35 heavy (non-hydrogen) atoms. The summed E-state index contributed by atoms with van der Waals surface area (Å²) in [5.74, 6) is 0.640. The van der Waals surface area contributed by atoms with Gasteiger partial charge in [0.1, 0.15) is 0 Å². The van der Waals surface area contributed by atoms with Crippen molar-refractivity contribution in [2.24, 2.45) is 5.92 Å². The minimum atomic E-state index is -2.79. The van der Waals surface area contributed by atoms with Crippen LogP contribution < -0.4 is 15.9 Å². The van der Waals surface area contributed by atoms with E-state index in [1.54, 1.807) is 0 Å². The van der Waals surface area contributed by atoms with Crippen LogP contribution in [0.3, 0.4) is 0 Å². The third kappa shape index (κ3) is 7.30. The molecule has 190 valence electrons. The molecule has 0 fully saturated rings. The van der Waals surface area contributed by atoms with Gasteiger partial charge in [-0.05, 0) is 0 Å². The molecule has 0 heterocycles. The van der Waals surface area contributed by atoms with Gasteiger partial charge in [-0.2, -0.15) is 0 Å². The van der Waals surface area contributed by atoms with Crippen LogP contribution in [0.15, 0.2) is 91.0 Å². The third-order valence-corrected chi connectivity index (χ3v) is 17.6. The van der Waals surface area contributed by atoms with Gasteiger partial charge in [0.05, 0.1) is 0 Å². The number of hydrogen-bond acceptors (Lipinski definition) is 0. The molecule has 0 aromatic heterocycles. The summed E-state index contributed by atoms with van der Waals surface area (Å²) in [6.07, 6.45) is 16.4. The van der Waals surface area contributed by atoms with Crippen molar-refractivity contribution >= 4 is 36.7 Å². The van der Waals surface area contributed by atoms with Gasteiger partial charge in [0.15, 0.2) is 0 Å². The molecule has 0 saturated carbocycles. The van der Waals surface area contributed by atoms with Crippen LogP contribution in [0.1, 0.15) is 84.5 Å².